The summed E-state index contributed by atoms with van der Waals surface area (Å²) in [6.07, 6.45) is 3.70. The quantitative estimate of drug-likeness (QED) is 0.618. The molecule has 0 aliphatic heterocycles. The number of carbonyl (C=O) groups is 2. The number of nitrogens with one attached hydrogen (secondary N) is 2. The number of amides is 2. The van der Waals surface area contributed by atoms with Gasteiger partial charge in [0, 0.05) is 32.9 Å². The van der Waals surface area contributed by atoms with E-state index in [9.17, 15) is 19.7 Å². The molecule has 0 radical (unpaired) electrons. The molecule has 2 heterocycles. The summed E-state index contributed by atoms with van der Waals surface area (Å²) in [6.45, 7) is 2.52. The van der Waals surface area contributed by atoms with Crippen LogP contribution in [-0.2, 0) is 14.1 Å². The van der Waals surface area contributed by atoms with E-state index in [1.807, 2.05) is 6.92 Å². The zero-order valence-electron chi connectivity index (χ0n) is 13.7. The van der Waals surface area contributed by atoms with Gasteiger partial charge in [-0.15, -0.1) is 0 Å². The summed E-state index contributed by atoms with van der Waals surface area (Å²) in [7, 11) is 3.25. The molecule has 128 valence electrons. The molecule has 2 aromatic rings. The second kappa shape index (κ2) is 6.99. The lowest BCUT2D eigenvalue weighted by molar-refractivity contribution is -0.384. The lowest BCUT2D eigenvalue weighted by atomic mass is 10.3. The summed E-state index contributed by atoms with van der Waals surface area (Å²) < 4.78 is 2.99. The van der Waals surface area contributed by atoms with Crippen LogP contribution in [0.3, 0.4) is 0 Å². The molecule has 2 amide bonds. The van der Waals surface area contributed by atoms with Crippen LogP contribution in [-0.4, -0.2) is 32.4 Å². The van der Waals surface area contributed by atoms with Crippen molar-refractivity contribution >= 4 is 23.2 Å². The topological polar surface area (TPSA) is 111 Å². The maximum absolute atomic E-state index is 12.3. The maximum atomic E-state index is 12.3. The standard InChI is InChI=1S/C15H19N5O4/c1-4-5-16-14(21)12-6-10(8-18(12)2)17-15(22)13-7-11(20(23)24)9-19(13)3/h6-9H,4-5H2,1-3H3,(H,16,21)(H,17,22). The fourth-order valence-electron chi connectivity index (χ4n) is 2.26. The molecule has 2 aromatic heterocycles. The molecule has 0 bridgehead atoms. The zero-order chi connectivity index (χ0) is 17.9. The number of nitro groups is 1. The molecule has 0 saturated heterocycles. The van der Waals surface area contributed by atoms with Crippen LogP contribution < -0.4 is 10.6 Å². The Kier molecular flexibility index (Phi) is 5.02. The highest BCUT2D eigenvalue weighted by molar-refractivity contribution is 6.04. The summed E-state index contributed by atoms with van der Waals surface area (Å²) in [5, 5.41) is 16.2. The van der Waals surface area contributed by atoms with Gasteiger partial charge in [-0.05, 0) is 12.5 Å². The second-order valence-electron chi connectivity index (χ2n) is 5.39. The van der Waals surface area contributed by atoms with Gasteiger partial charge in [0.05, 0.1) is 16.8 Å². The number of carbonyl (C=O) groups excluding carboxylic acids is 2. The van der Waals surface area contributed by atoms with Crippen molar-refractivity contribution in [2.75, 3.05) is 11.9 Å². The third-order valence-electron chi connectivity index (χ3n) is 3.46. The number of hydrogen-bond acceptors (Lipinski definition) is 4. The Morgan fingerprint density at radius 2 is 1.75 bits per heavy atom. The van der Waals surface area contributed by atoms with Gasteiger partial charge in [-0.3, -0.25) is 19.7 Å². The van der Waals surface area contributed by atoms with E-state index in [1.54, 1.807) is 30.9 Å². The molecule has 9 nitrogen and oxygen atoms in total. The molecule has 0 unspecified atom stereocenters. The molecular formula is C15H19N5O4. The van der Waals surface area contributed by atoms with E-state index >= 15 is 0 Å². The van der Waals surface area contributed by atoms with Crippen LogP contribution in [0.4, 0.5) is 11.4 Å². The molecule has 0 aromatic carbocycles. The maximum Gasteiger partial charge on any atom is 0.287 e. The first-order valence-corrected chi connectivity index (χ1v) is 7.40. The van der Waals surface area contributed by atoms with E-state index in [-0.39, 0.29) is 17.3 Å². The average molecular weight is 333 g/mol. The van der Waals surface area contributed by atoms with Gasteiger partial charge in [0.15, 0.2) is 0 Å². The first-order valence-electron chi connectivity index (χ1n) is 7.40. The Labute approximate surface area is 138 Å². The van der Waals surface area contributed by atoms with E-state index in [1.165, 1.54) is 16.8 Å². The van der Waals surface area contributed by atoms with Crippen LogP contribution in [0.1, 0.15) is 34.3 Å². The molecule has 9 heteroatoms. The molecule has 24 heavy (non-hydrogen) atoms. The van der Waals surface area contributed by atoms with Gasteiger partial charge < -0.3 is 19.8 Å². The smallest absolute Gasteiger partial charge is 0.287 e. The minimum absolute atomic E-state index is 0.155. The first-order chi connectivity index (χ1) is 11.3. The molecular weight excluding hydrogens is 314 g/mol. The lowest BCUT2D eigenvalue weighted by Crippen LogP contribution is -2.25. The zero-order valence-corrected chi connectivity index (χ0v) is 13.7. The molecule has 0 spiro atoms. The van der Waals surface area contributed by atoms with Gasteiger partial charge in [-0.2, -0.15) is 0 Å². The summed E-state index contributed by atoms with van der Waals surface area (Å²) >= 11 is 0. The minimum atomic E-state index is -0.560. The fourth-order valence-corrected chi connectivity index (χ4v) is 2.26. The predicted molar refractivity (Wildman–Crippen MR) is 88.1 cm³/mol. The van der Waals surface area contributed by atoms with Crippen LogP contribution in [0.2, 0.25) is 0 Å². The largest absolute Gasteiger partial charge is 0.351 e. The third-order valence-corrected chi connectivity index (χ3v) is 3.46. The van der Waals surface area contributed by atoms with Crippen LogP contribution in [0.5, 0.6) is 0 Å². The van der Waals surface area contributed by atoms with Crippen LogP contribution in [0.25, 0.3) is 0 Å². The highest BCUT2D eigenvalue weighted by atomic mass is 16.6. The van der Waals surface area contributed by atoms with Gasteiger partial charge >= 0.3 is 0 Å². The second-order valence-corrected chi connectivity index (χ2v) is 5.39. The highest BCUT2D eigenvalue weighted by Crippen LogP contribution is 2.18. The van der Waals surface area contributed by atoms with E-state index < -0.39 is 10.8 Å². The highest BCUT2D eigenvalue weighted by Gasteiger charge is 2.19. The molecule has 2 N–H and O–H groups in total. The van der Waals surface area contributed by atoms with Crippen molar-refractivity contribution in [3.63, 3.8) is 0 Å². The van der Waals surface area contributed by atoms with Crippen molar-refractivity contribution in [3.05, 3.63) is 46.0 Å². The molecule has 0 atom stereocenters. The summed E-state index contributed by atoms with van der Waals surface area (Å²) in [4.78, 5) is 34.5. The molecule has 0 saturated carbocycles. The van der Waals surface area contributed by atoms with Crippen molar-refractivity contribution in [2.45, 2.75) is 13.3 Å². The average Bonchev–Trinajstić information content (AvgIpc) is 3.08. The molecule has 0 fully saturated rings. The Morgan fingerprint density at radius 3 is 2.33 bits per heavy atom. The van der Waals surface area contributed by atoms with Crippen molar-refractivity contribution in [1.29, 1.82) is 0 Å². The SMILES string of the molecule is CCCNC(=O)c1cc(NC(=O)c2cc([N+](=O)[O-])cn2C)cn1C. The van der Waals surface area contributed by atoms with Crippen molar-refractivity contribution < 1.29 is 14.5 Å². The Hall–Kier alpha value is -3.10. The number of rotatable bonds is 6. The molecule has 2 rings (SSSR count). The van der Waals surface area contributed by atoms with Crippen molar-refractivity contribution in [1.82, 2.24) is 14.5 Å². The molecule has 0 aliphatic rings. The Morgan fingerprint density at radius 1 is 1.12 bits per heavy atom. The lowest BCUT2D eigenvalue weighted by Gasteiger charge is -2.03. The van der Waals surface area contributed by atoms with Gasteiger partial charge in [-0.25, -0.2) is 0 Å². The number of aromatic nitrogens is 2. The van der Waals surface area contributed by atoms with Gasteiger partial charge in [-0.1, -0.05) is 6.92 Å². The van der Waals surface area contributed by atoms with E-state index in [4.69, 9.17) is 0 Å². The van der Waals surface area contributed by atoms with E-state index in [0.29, 0.717) is 17.9 Å². The van der Waals surface area contributed by atoms with Crippen LogP contribution >= 0.6 is 0 Å². The first kappa shape index (κ1) is 17.3. The minimum Gasteiger partial charge on any atom is -0.351 e. The third kappa shape index (κ3) is 3.62. The Balaban J connectivity index is 2.15. The van der Waals surface area contributed by atoms with Crippen molar-refractivity contribution in [3.8, 4) is 0 Å². The van der Waals surface area contributed by atoms with Gasteiger partial charge in [0.2, 0.25) is 0 Å². The van der Waals surface area contributed by atoms with E-state index in [0.717, 1.165) is 6.42 Å². The number of aryl methyl sites for hydroxylation is 2. The normalized spacial score (nSPS) is 10.5. The molecule has 0 aliphatic carbocycles. The summed E-state index contributed by atoms with van der Waals surface area (Å²) in [6, 6.07) is 2.76. The number of hydrogen-bond donors (Lipinski definition) is 2. The van der Waals surface area contributed by atoms with Gasteiger partial charge in [0.1, 0.15) is 11.4 Å². The summed E-state index contributed by atoms with van der Waals surface area (Å²) in [5.41, 5.74) is 0.850. The number of nitrogens with zero attached hydrogens (tertiary/aromatic N) is 3. The van der Waals surface area contributed by atoms with E-state index in [2.05, 4.69) is 10.6 Å². The number of anilines is 1. The van der Waals surface area contributed by atoms with Crippen LogP contribution in [0, 0.1) is 10.1 Å². The fraction of sp³-hybridized carbons (Fsp3) is 0.333. The Bertz CT molecular complexity index is 790. The summed E-state index contributed by atoms with van der Waals surface area (Å²) in [5.74, 6) is -0.717. The van der Waals surface area contributed by atoms with Gasteiger partial charge in [0.25, 0.3) is 17.5 Å². The van der Waals surface area contributed by atoms with Crippen LogP contribution in [0.15, 0.2) is 24.5 Å². The monoisotopic (exact) mass is 333 g/mol. The predicted octanol–water partition coefficient (Wildman–Crippen LogP) is 1.66. The van der Waals surface area contributed by atoms with Crippen molar-refractivity contribution in [2.24, 2.45) is 14.1 Å².